The zero-order valence-electron chi connectivity index (χ0n) is 16.9. The van der Waals surface area contributed by atoms with Gasteiger partial charge in [0.2, 0.25) is 0 Å². The number of nitrogens with zero attached hydrogens (tertiary/aromatic N) is 5. The Bertz CT molecular complexity index is 1270. The monoisotopic (exact) mass is 457 g/mol. The molecule has 0 saturated heterocycles. The molecule has 4 aromatic rings. The second kappa shape index (κ2) is 8.92. The molecule has 1 unspecified atom stereocenters. The third-order valence-electron chi connectivity index (χ3n) is 4.55. The van der Waals surface area contributed by atoms with Gasteiger partial charge in [-0.2, -0.15) is 13.9 Å². The van der Waals surface area contributed by atoms with E-state index in [0.717, 1.165) is 11.1 Å². The van der Waals surface area contributed by atoms with E-state index >= 15 is 0 Å². The van der Waals surface area contributed by atoms with Gasteiger partial charge >= 0.3 is 6.01 Å². The van der Waals surface area contributed by atoms with E-state index in [9.17, 15) is 13.6 Å². The number of rotatable bonds is 7. The van der Waals surface area contributed by atoms with Crippen LogP contribution in [0.5, 0.6) is 6.01 Å². The summed E-state index contributed by atoms with van der Waals surface area (Å²) in [7, 11) is 1.38. The second-order valence-corrected chi connectivity index (χ2v) is 7.81. The standard InChI is InChI=1S/C21H18F2N5O3P/c1-13-17(31-27-19(13)14-5-3-2-4-6-14)11-28-18(29)8-7-16(26-28)15-9-24-20(25-10-15)30-12-21(22,23)32/h2-10H,11-12,32H2,1H3. The summed E-state index contributed by atoms with van der Waals surface area (Å²) in [5, 5.41) is 8.48. The van der Waals surface area contributed by atoms with Gasteiger partial charge in [-0.1, -0.05) is 44.7 Å². The summed E-state index contributed by atoms with van der Waals surface area (Å²) in [4.78, 5) is 20.2. The van der Waals surface area contributed by atoms with Crippen LogP contribution in [0.1, 0.15) is 11.3 Å². The molecule has 0 fully saturated rings. The van der Waals surface area contributed by atoms with Crippen LogP contribution < -0.4 is 10.3 Å². The maximum absolute atomic E-state index is 12.9. The lowest BCUT2D eigenvalue weighted by atomic mass is 10.1. The second-order valence-electron chi connectivity index (χ2n) is 6.96. The molecule has 0 radical (unpaired) electrons. The highest BCUT2D eigenvalue weighted by Crippen LogP contribution is 2.25. The number of aromatic nitrogens is 5. The molecule has 3 heterocycles. The smallest absolute Gasteiger partial charge is 0.316 e. The topological polar surface area (TPSA) is 95.9 Å². The third kappa shape index (κ3) is 5.03. The first kappa shape index (κ1) is 21.7. The Hall–Kier alpha value is -3.52. The van der Waals surface area contributed by atoms with Crippen molar-refractivity contribution in [3.8, 4) is 28.5 Å². The van der Waals surface area contributed by atoms with E-state index in [-0.39, 0.29) is 18.1 Å². The number of alkyl halides is 2. The predicted octanol–water partition coefficient (Wildman–Crippen LogP) is 3.56. The summed E-state index contributed by atoms with van der Waals surface area (Å²) < 4.78 is 37.3. The lowest BCUT2D eigenvalue weighted by Crippen LogP contribution is -2.23. The average Bonchev–Trinajstić information content (AvgIpc) is 3.14. The third-order valence-corrected chi connectivity index (χ3v) is 4.71. The van der Waals surface area contributed by atoms with Crippen LogP contribution in [0.3, 0.4) is 0 Å². The molecule has 1 atom stereocenters. The van der Waals surface area contributed by atoms with Crippen LogP contribution in [-0.4, -0.2) is 37.2 Å². The van der Waals surface area contributed by atoms with Gasteiger partial charge in [0.1, 0.15) is 12.2 Å². The van der Waals surface area contributed by atoms with Gasteiger partial charge in [0.15, 0.2) is 12.4 Å². The molecule has 0 aliphatic carbocycles. The van der Waals surface area contributed by atoms with Gasteiger partial charge in [-0.05, 0) is 13.0 Å². The summed E-state index contributed by atoms with van der Waals surface area (Å²) in [6, 6.07) is 12.3. The Morgan fingerprint density at radius 2 is 1.81 bits per heavy atom. The molecular weight excluding hydrogens is 439 g/mol. The Kier molecular flexibility index (Phi) is 6.05. The van der Waals surface area contributed by atoms with Gasteiger partial charge in [-0.25, -0.2) is 14.6 Å². The highest BCUT2D eigenvalue weighted by Gasteiger charge is 2.23. The number of hydrogen-bond acceptors (Lipinski definition) is 7. The summed E-state index contributed by atoms with van der Waals surface area (Å²) in [6.07, 6.45) is 2.77. The molecule has 164 valence electrons. The normalized spacial score (nSPS) is 11.5. The van der Waals surface area contributed by atoms with Crippen molar-refractivity contribution < 1.29 is 18.0 Å². The molecule has 0 spiro atoms. The fourth-order valence-corrected chi connectivity index (χ4v) is 3.00. The lowest BCUT2D eigenvalue weighted by molar-refractivity contribution is 0.0422. The number of halogens is 2. The molecule has 0 aliphatic rings. The van der Waals surface area contributed by atoms with Crippen molar-refractivity contribution in [2.24, 2.45) is 0 Å². The number of ether oxygens (including phenoxy) is 1. The Morgan fingerprint density at radius 1 is 1.09 bits per heavy atom. The zero-order valence-corrected chi connectivity index (χ0v) is 18.1. The van der Waals surface area contributed by atoms with E-state index in [2.05, 4.69) is 20.2 Å². The molecule has 0 saturated carbocycles. The van der Waals surface area contributed by atoms with Crippen molar-refractivity contribution in [1.29, 1.82) is 0 Å². The van der Waals surface area contributed by atoms with Crippen molar-refractivity contribution in [2.75, 3.05) is 6.61 Å². The van der Waals surface area contributed by atoms with Crippen molar-refractivity contribution in [2.45, 2.75) is 19.1 Å². The Balaban J connectivity index is 1.55. The first-order valence-electron chi connectivity index (χ1n) is 9.51. The minimum atomic E-state index is -3.07. The number of benzene rings is 1. The van der Waals surface area contributed by atoms with Crippen molar-refractivity contribution in [3.63, 3.8) is 0 Å². The Labute approximate surface area is 183 Å². The fourth-order valence-electron chi connectivity index (χ4n) is 2.92. The minimum Gasteiger partial charge on any atom is -0.457 e. The van der Waals surface area contributed by atoms with Crippen molar-refractivity contribution in [3.05, 3.63) is 76.5 Å². The van der Waals surface area contributed by atoms with E-state index in [1.54, 1.807) is 0 Å². The Morgan fingerprint density at radius 3 is 2.50 bits per heavy atom. The van der Waals surface area contributed by atoms with E-state index in [4.69, 9.17) is 9.26 Å². The highest BCUT2D eigenvalue weighted by atomic mass is 31.0. The molecule has 1 aromatic carbocycles. The van der Waals surface area contributed by atoms with Gasteiger partial charge < -0.3 is 9.26 Å². The molecule has 11 heteroatoms. The summed E-state index contributed by atoms with van der Waals surface area (Å²) >= 11 is 0. The molecule has 0 aliphatic heterocycles. The lowest BCUT2D eigenvalue weighted by Gasteiger charge is -2.10. The van der Waals surface area contributed by atoms with Crippen LogP contribution in [0.2, 0.25) is 0 Å². The van der Waals surface area contributed by atoms with Crippen molar-refractivity contribution in [1.82, 2.24) is 24.9 Å². The minimum absolute atomic E-state index is 0.0869. The summed E-state index contributed by atoms with van der Waals surface area (Å²) in [5.74, 6) is 0.508. The molecule has 32 heavy (non-hydrogen) atoms. The van der Waals surface area contributed by atoms with Crippen LogP contribution in [-0.2, 0) is 6.54 Å². The molecule has 8 nitrogen and oxygen atoms in total. The van der Waals surface area contributed by atoms with Crippen LogP contribution in [0, 0.1) is 6.92 Å². The molecule has 0 bridgehead atoms. The molecule has 3 aromatic heterocycles. The van der Waals surface area contributed by atoms with Crippen LogP contribution >= 0.6 is 9.24 Å². The predicted molar refractivity (Wildman–Crippen MR) is 115 cm³/mol. The summed E-state index contributed by atoms with van der Waals surface area (Å²) in [5.41, 5.74) is -0.0626. The largest absolute Gasteiger partial charge is 0.457 e. The maximum atomic E-state index is 12.9. The van der Waals surface area contributed by atoms with Gasteiger partial charge in [-0.15, -0.1) is 0 Å². The van der Waals surface area contributed by atoms with Gasteiger partial charge in [0.25, 0.3) is 11.2 Å². The highest BCUT2D eigenvalue weighted by molar-refractivity contribution is 7.18. The van der Waals surface area contributed by atoms with Crippen LogP contribution in [0.15, 0.2) is 64.2 Å². The average molecular weight is 457 g/mol. The van der Waals surface area contributed by atoms with Crippen LogP contribution in [0.25, 0.3) is 22.5 Å². The van der Waals surface area contributed by atoms with E-state index in [1.807, 2.05) is 37.3 Å². The summed E-state index contributed by atoms with van der Waals surface area (Å²) in [6.45, 7) is 1.10. The fraction of sp³-hybridized carbons (Fsp3) is 0.190. The zero-order chi connectivity index (χ0) is 22.7. The number of hydrogen-bond donors (Lipinski definition) is 0. The quantitative estimate of drug-likeness (QED) is 0.392. The first-order valence-corrected chi connectivity index (χ1v) is 10.1. The SMILES string of the molecule is Cc1c(-c2ccccc2)noc1Cn1nc(-c2cnc(OCC(F)(F)P)nc2)ccc1=O. The van der Waals surface area contributed by atoms with Gasteiger partial charge in [0, 0.05) is 35.2 Å². The van der Waals surface area contributed by atoms with Gasteiger partial charge in [0.05, 0.1) is 5.69 Å². The first-order chi connectivity index (χ1) is 15.3. The molecule has 0 amide bonds. The van der Waals surface area contributed by atoms with E-state index < -0.39 is 12.3 Å². The molecule has 4 rings (SSSR count). The van der Waals surface area contributed by atoms with Crippen molar-refractivity contribution >= 4 is 9.24 Å². The van der Waals surface area contributed by atoms with Gasteiger partial charge in [-0.3, -0.25) is 4.79 Å². The maximum Gasteiger partial charge on any atom is 0.316 e. The molecule has 0 N–H and O–H groups in total. The van der Waals surface area contributed by atoms with E-state index in [1.165, 1.54) is 38.4 Å². The van der Waals surface area contributed by atoms with E-state index in [0.29, 0.717) is 22.7 Å². The molecular formula is C21H18F2N5O3P. The van der Waals surface area contributed by atoms with Crippen LogP contribution in [0.4, 0.5) is 8.78 Å².